The second kappa shape index (κ2) is 8.28. The predicted molar refractivity (Wildman–Crippen MR) is 93.6 cm³/mol. The highest BCUT2D eigenvalue weighted by Crippen LogP contribution is 2.18. The Morgan fingerprint density at radius 2 is 2.00 bits per heavy atom. The molecule has 1 aromatic carbocycles. The number of nitrogens with one attached hydrogen (secondary N) is 1. The zero-order chi connectivity index (χ0) is 19.5. The molecule has 3 atom stereocenters. The maximum Gasteiger partial charge on any atom is 0.410 e. The lowest BCUT2D eigenvalue weighted by Gasteiger charge is -2.40. The Morgan fingerprint density at radius 3 is 2.58 bits per heavy atom. The summed E-state index contributed by atoms with van der Waals surface area (Å²) >= 11 is 0. The topological polar surface area (TPSA) is 87.8 Å². The summed E-state index contributed by atoms with van der Waals surface area (Å²) in [6.07, 6.45) is -1.53. The van der Waals surface area contributed by atoms with Crippen LogP contribution >= 0.6 is 0 Å². The maximum atomic E-state index is 13.3. The lowest BCUT2D eigenvalue weighted by Crippen LogP contribution is -2.62. The smallest absolute Gasteiger partial charge is 0.410 e. The lowest BCUT2D eigenvalue weighted by molar-refractivity contribution is -0.0174. The van der Waals surface area contributed by atoms with Crippen LogP contribution < -0.4 is 11.1 Å². The molecular weight excluding hydrogens is 344 g/mol. The third kappa shape index (κ3) is 5.62. The van der Waals surface area contributed by atoms with E-state index in [1.54, 1.807) is 20.8 Å². The van der Waals surface area contributed by atoms with Gasteiger partial charge in [0.2, 0.25) is 0 Å². The first kappa shape index (κ1) is 20.5. The summed E-state index contributed by atoms with van der Waals surface area (Å²) in [4.78, 5) is 13.9. The molecule has 1 amide bonds. The van der Waals surface area contributed by atoms with Gasteiger partial charge in [0, 0.05) is 31.7 Å². The number of amides is 1. The monoisotopic (exact) mass is 371 g/mol. The molecule has 0 radical (unpaired) electrons. The van der Waals surface area contributed by atoms with Crippen molar-refractivity contribution in [1.29, 1.82) is 0 Å². The highest BCUT2D eigenvalue weighted by Gasteiger charge is 2.37. The van der Waals surface area contributed by atoms with Crippen molar-refractivity contribution < 1.29 is 23.4 Å². The van der Waals surface area contributed by atoms with Crippen molar-refractivity contribution >= 4 is 6.09 Å². The van der Waals surface area contributed by atoms with Gasteiger partial charge < -0.3 is 20.9 Å². The molecule has 1 heterocycles. The van der Waals surface area contributed by atoms with Gasteiger partial charge in [-0.1, -0.05) is 0 Å². The molecule has 0 spiro atoms. The number of hydrogen-bond acceptors (Lipinski definition) is 5. The van der Waals surface area contributed by atoms with Gasteiger partial charge in [0.25, 0.3) is 0 Å². The number of nitrogens with two attached hydrogens (primary N) is 1. The molecule has 2 rings (SSSR count). The van der Waals surface area contributed by atoms with Crippen LogP contribution in [0.4, 0.5) is 13.6 Å². The van der Waals surface area contributed by atoms with Crippen LogP contribution in [0, 0.1) is 11.6 Å². The fourth-order valence-corrected chi connectivity index (χ4v) is 2.98. The Kier molecular flexibility index (Phi) is 6.54. The second-order valence-electron chi connectivity index (χ2n) is 7.58. The SMILES string of the molecule is CC(C)(C)OC(=O)N1CCNC[C@@H]1[C@@H](O)C(N)Cc1cc(F)cc(F)c1. The van der Waals surface area contributed by atoms with E-state index in [1.165, 1.54) is 17.0 Å². The van der Waals surface area contributed by atoms with Gasteiger partial charge in [-0.3, -0.25) is 4.90 Å². The van der Waals surface area contributed by atoms with Gasteiger partial charge in [0.1, 0.15) is 17.2 Å². The normalized spacial score (nSPS) is 20.6. The molecule has 0 aromatic heterocycles. The van der Waals surface area contributed by atoms with Gasteiger partial charge in [-0.25, -0.2) is 13.6 Å². The first-order valence-corrected chi connectivity index (χ1v) is 8.66. The predicted octanol–water partition coefficient (Wildman–Crippen LogP) is 1.40. The Morgan fingerprint density at radius 1 is 1.38 bits per heavy atom. The summed E-state index contributed by atoms with van der Waals surface area (Å²) in [5, 5.41) is 13.8. The maximum absolute atomic E-state index is 13.3. The molecule has 1 unspecified atom stereocenters. The molecule has 8 heteroatoms. The van der Waals surface area contributed by atoms with Crippen molar-refractivity contribution in [1.82, 2.24) is 10.2 Å². The first-order chi connectivity index (χ1) is 12.1. The molecule has 146 valence electrons. The molecule has 1 aliphatic heterocycles. The molecule has 0 aliphatic carbocycles. The highest BCUT2D eigenvalue weighted by atomic mass is 19.1. The lowest BCUT2D eigenvalue weighted by atomic mass is 9.95. The van der Waals surface area contributed by atoms with E-state index in [0.29, 0.717) is 25.2 Å². The summed E-state index contributed by atoms with van der Waals surface area (Å²) in [6.45, 7) is 6.60. The van der Waals surface area contributed by atoms with Crippen LogP contribution in [-0.2, 0) is 11.2 Å². The number of hydrogen-bond donors (Lipinski definition) is 3. The molecule has 4 N–H and O–H groups in total. The highest BCUT2D eigenvalue weighted by molar-refractivity contribution is 5.69. The summed E-state index contributed by atoms with van der Waals surface area (Å²) in [7, 11) is 0. The van der Waals surface area contributed by atoms with Crippen molar-refractivity contribution in [3.63, 3.8) is 0 Å². The summed E-state index contributed by atoms with van der Waals surface area (Å²) < 4.78 is 32.1. The van der Waals surface area contributed by atoms with E-state index in [1.807, 2.05) is 0 Å². The molecule has 0 bridgehead atoms. The zero-order valence-corrected chi connectivity index (χ0v) is 15.3. The number of nitrogens with zero attached hydrogens (tertiary/aromatic N) is 1. The van der Waals surface area contributed by atoms with Crippen molar-refractivity contribution in [2.24, 2.45) is 5.73 Å². The standard InChI is InChI=1S/C18H27F2N3O3/c1-18(2,3)26-17(25)23-5-4-22-10-15(23)16(24)14(21)8-11-6-12(19)9-13(20)7-11/h6-7,9,14-16,22,24H,4-5,8,10,21H2,1-3H3/t14?,15-,16+/m1/s1. The summed E-state index contributed by atoms with van der Waals surface area (Å²) in [6, 6.07) is 1.75. The van der Waals surface area contributed by atoms with E-state index >= 15 is 0 Å². The van der Waals surface area contributed by atoms with Crippen molar-refractivity contribution in [3.8, 4) is 0 Å². The number of aliphatic hydroxyl groups is 1. The molecule has 1 fully saturated rings. The third-order valence-corrected chi connectivity index (χ3v) is 4.14. The van der Waals surface area contributed by atoms with Crippen LogP contribution in [0.5, 0.6) is 0 Å². The van der Waals surface area contributed by atoms with E-state index in [4.69, 9.17) is 10.5 Å². The second-order valence-corrected chi connectivity index (χ2v) is 7.58. The fraction of sp³-hybridized carbons (Fsp3) is 0.611. The van der Waals surface area contributed by atoms with E-state index in [-0.39, 0.29) is 6.42 Å². The van der Waals surface area contributed by atoms with Crippen LogP contribution in [0.2, 0.25) is 0 Å². The van der Waals surface area contributed by atoms with Gasteiger partial charge in [0.05, 0.1) is 12.1 Å². The van der Waals surface area contributed by atoms with E-state index < -0.39 is 41.5 Å². The number of rotatable bonds is 4. The van der Waals surface area contributed by atoms with Crippen LogP contribution in [0.15, 0.2) is 18.2 Å². The Balaban J connectivity index is 2.08. The Bertz CT molecular complexity index is 616. The van der Waals surface area contributed by atoms with Crippen LogP contribution in [0.3, 0.4) is 0 Å². The van der Waals surface area contributed by atoms with Crippen molar-refractivity contribution in [2.75, 3.05) is 19.6 Å². The molecule has 1 aliphatic rings. The van der Waals surface area contributed by atoms with Gasteiger partial charge >= 0.3 is 6.09 Å². The number of aliphatic hydroxyl groups excluding tert-OH is 1. The van der Waals surface area contributed by atoms with Crippen LogP contribution in [0.25, 0.3) is 0 Å². The molecule has 1 saturated heterocycles. The van der Waals surface area contributed by atoms with Crippen molar-refractivity contribution in [2.45, 2.75) is 51.0 Å². The minimum Gasteiger partial charge on any atom is -0.444 e. The average Bonchev–Trinajstić information content (AvgIpc) is 2.51. The van der Waals surface area contributed by atoms with Crippen LogP contribution in [0.1, 0.15) is 26.3 Å². The number of halogens is 2. The van der Waals surface area contributed by atoms with E-state index in [0.717, 1.165) is 6.07 Å². The summed E-state index contributed by atoms with van der Waals surface area (Å²) in [5.74, 6) is -1.40. The number of carbonyl (C=O) groups excluding carboxylic acids is 1. The van der Waals surface area contributed by atoms with Gasteiger partial charge in [0.15, 0.2) is 0 Å². The largest absolute Gasteiger partial charge is 0.444 e. The third-order valence-electron chi connectivity index (χ3n) is 4.14. The average molecular weight is 371 g/mol. The number of piperazine rings is 1. The Labute approximate surface area is 152 Å². The minimum atomic E-state index is -1.08. The first-order valence-electron chi connectivity index (χ1n) is 8.66. The molecule has 26 heavy (non-hydrogen) atoms. The molecule has 0 saturated carbocycles. The van der Waals surface area contributed by atoms with Gasteiger partial charge in [-0.05, 0) is 44.9 Å². The molecule has 6 nitrogen and oxygen atoms in total. The number of carbonyl (C=O) groups is 1. The minimum absolute atomic E-state index is 0.0779. The van der Waals surface area contributed by atoms with E-state index in [2.05, 4.69) is 5.32 Å². The number of benzene rings is 1. The molecular formula is C18H27F2N3O3. The zero-order valence-electron chi connectivity index (χ0n) is 15.3. The van der Waals surface area contributed by atoms with Gasteiger partial charge in [-0.15, -0.1) is 0 Å². The Hall–Kier alpha value is -1.77. The van der Waals surface area contributed by atoms with Gasteiger partial charge in [-0.2, -0.15) is 0 Å². The quantitative estimate of drug-likeness (QED) is 0.745. The van der Waals surface area contributed by atoms with E-state index in [9.17, 15) is 18.7 Å². The number of ether oxygens (including phenoxy) is 1. The summed E-state index contributed by atoms with van der Waals surface area (Å²) in [5.41, 5.74) is 5.76. The van der Waals surface area contributed by atoms with Crippen LogP contribution in [-0.4, -0.2) is 59.5 Å². The molecule has 1 aromatic rings. The fourth-order valence-electron chi connectivity index (χ4n) is 2.98. The van der Waals surface area contributed by atoms with Crippen molar-refractivity contribution in [3.05, 3.63) is 35.4 Å².